The van der Waals surface area contributed by atoms with Gasteiger partial charge in [0.15, 0.2) is 0 Å². The normalized spacial score (nSPS) is 15.5. The zero-order chi connectivity index (χ0) is 25.2. The van der Waals surface area contributed by atoms with Crippen LogP contribution in [0.1, 0.15) is 39.5 Å². The second-order valence-corrected chi connectivity index (χ2v) is 15.2. The van der Waals surface area contributed by atoms with Crippen LogP contribution in [0.2, 0.25) is 0 Å². The van der Waals surface area contributed by atoms with Gasteiger partial charge in [-0.25, -0.2) is 0 Å². The van der Waals surface area contributed by atoms with E-state index in [4.69, 9.17) is 0 Å². The number of hydrogen-bond acceptors (Lipinski definition) is 2. The molecule has 2 nitrogen and oxygen atoms in total. The molecule has 0 heterocycles. The predicted molar refractivity (Wildman–Crippen MR) is 79.4 cm³/mol. The molecule has 188 valence electrons. The summed E-state index contributed by atoms with van der Waals surface area (Å²) in [6.07, 6.45) is -20.7. The van der Waals surface area contributed by atoms with Crippen molar-refractivity contribution >= 4 is 19.2 Å². The Morgan fingerprint density at radius 2 is 0.774 bits per heavy atom. The zero-order valence-corrected chi connectivity index (χ0v) is 18.7. The van der Waals surface area contributed by atoms with Crippen molar-refractivity contribution in [1.29, 1.82) is 0 Å². The van der Waals surface area contributed by atoms with E-state index >= 15 is 0 Å². The fourth-order valence-corrected chi connectivity index (χ4v) is 11.8. The summed E-state index contributed by atoms with van der Waals surface area (Å²) in [5.41, 5.74) is 0. The molecule has 0 aromatic carbocycles. The minimum absolute atomic E-state index is 0.560. The molecule has 0 aliphatic heterocycles. The molecule has 0 amide bonds. The topological polar surface area (TPSA) is 18.5 Å². The Morgan fingerprint density at radius 1 is 0.516 bits per heavy atom. The van der Waals surface area contributed by atoms with Crippen molar-refractivity contribution in [3.63, 3.8) is 0 Å². The molecule has 0 aliphatic carbocycles. The summed E-state index contributed by atoms with van der Waals surface area (Å²) >= 11 is -8.99. The molecule has 0 aromatic heterocycles. The molecule has 0 aromatic rings. The van der Waals surface area contributed by atoms with Crippen molar-refractivity contribution in [2.45, 2.75) is 71.6 Å². The van der Waals surface area contributed by atoms with E-state index in [1.165, 1.54) is 0 Å². The van der Waals surface area contributed by atoms with Gasteiger partial charge in [0.25, 0.3) is 0 Å². The molecule has 31 heavy (non-hydrogen) atoms. The van der Waals surface area contributed by atoms with Gasteiger partial charge in [-0.3, -0.25) is 0 Å². The monoisotopic (exact) mass is 604 g/mol. The number of halogens is 14. The van der Waals surface area contributed by atoms with Crippen molar-refractivity contribution in [2.24, 2.45) is 0 Å². The molecule has 0 radical (unpaired) electrons. The first kappa shape index (κ1) is 30.7. The average molecular weight is 603 g/mol. The summed E-state index contributed by atoms with van der Waals surface area (Å²) in [6.45, 7) is -0.743. The van der Waals surface area contributed by atoms with E-state index in [2.05, 4.69) is 6.15 Å². The molecule has 0 N–H and O–H groups in total. The van der Waals surface area contributed by atoms with E-state index in [-0.39, 0.29) is 0 Å². The van der Waals surface area contributed by atoms with E-state index in [0.717, 1.165) is 13.8 Å². The standard InChI is InChI=1S/2C4H2F7.2C3H7O.Sn/c2*5-2(6)3(7,8)1-4(9,10)11;2*1-2-3-4;/h2*1H2;2*2-3H2,1H3;/q;;2*-1;+2. The minimum atomic E-state index is -8.99. The SMILES string of the molecule is CCC[O][Sn]([O]CCC)([C](F)(F)C(F)(F)CC(F)(F)F)[C](F)(F)C(F)(F)CC(F)(F)F. The van der Waals surface area contributed by atoms with E-state index in [1.807, 2.05) is 0 Å². The number of hydrogen-bond donors (Lipinski definition) is 0. The maximum atomic E-state index is 14.7. The molecular weight excluding hydrogens is 585 g/mol. The average Bonchev–Trinajstić information content (AvgIpc) is 2.49. The summed E-state index contributed by atoms with van der Waals surface area (Å²) in [5, 5.41) is 0. The Hall–Kier alpha value is -0.261. The van der Waals surface area contributed by atoms with Gasteiger partial charge in [-0.1, -0.05) is 0 Å². The Balaban J connectivity index is 6.96. The number of rotatable bonds is 12. The first-order valence-electron chi connectivity index (χ1n) is 8.46. The van der Waals surface area contributed by atoms with E-state index in [9.17, 15) is 61.5 Å². The van der Waals surface area contributed by atoms with E-state index < -0.39 is 90.2 Å². The Labute approximate surface area is 172 Å². The van der Waals surface area contributed by atoms with Gasteiger partial charge in [0.2, 0.25) is 0 Å². The fraction of sp³-hybridized carbons (Fsp3) is 1.00. The van der Waals surface area contributed by atoms with Gasteiger partial charge in [-0.15, -0.1) is 0 Å². The van der Waals surface area contributed by atoms with Gasteiger partial charge in [0, 0.05) is 0 Å². The second-order valence-electron chi connectivity index (χ2n) is 6.46. The summed E-state index contributed by atoms with van der Waals surface area (Å²) in [7, 11) is 0. The Bertz CT molecular complexity index is 522. The van der Waals surface area contributed by atoms with Crippen molar-refractivity contribution < 1.29 is 67.6 Å². The molecule has 0 spiro atoms. The fourth-order valence-electron chi connectivity index (χ4n) is 2.30. The van der Waals surface area contributed by atoms with Crippen LogP contribution in [0.15, 0.2) is 0 Å². The summed E-state index contributed by atoms with van der Waals surface area (Å²) < 4.78 is 183. The molecule has 0 bridgehead atoms. The van der Waals surface area contributed by atoms with Gasteiger partial charge in [0.05, 0.1) is 0 Å². The molecule has 0 rings (SSSR count). The first-order chi connectivity index (χ1) is 13.5. The van der Waals surface area contributed by atoms with Gasteiger partial charge in [-0.2, -0.15) is 0 Å². The van der Waals surface area contributed by atoms with Gasteiger partial charge in [0.1, 0.15) is 0 Å². The van der Waals surface area contributed by atoms with Gasteiger partial charge < -0.3 is 0 Å². The zero-order valence-electron chi connectivity index (χ0n) is 15.9. The van der Waals surface area contributed by atoms with Gasteiger partial charge in [-0.05, 0) is 0 Å². The summed E-state index contributed by atoms with van der Waals surface area (Å²) in [6, 6.07) is 0. The van der Waals surface area contributed by atoms with Crippen LogP contribution in [0.25, 0.3) is 0 Å². The number of alkyl halides is 14. The molecule has 0 saturated heterocycles. The summed E-state index contributed by atoms with van der Waals surface area (Å²) in [5.74, 6) is -12.9. The van der Waals surface area contributed by atoms with Crippen LogP contribution < -0.4 is 0 Å². The molecule has 0 unspecified atom stereocenters. The second kappa shape index (κ2) is 9.93. The Morgan fingerprint density at radius 3 is 0.968 bits per heavy atom. The third-order valence-electron chi connectivity index (χ3n) is 3.61. The van der Waals surface area contributed by atoms with Crippen LogP contribution in [0.5, 0.6) is 0 Å². The van der Waals surface area contributed by atoms with Gasteiger partial charge >= 0.3 is 172 Å². The summed E-state index contributed by atoms with van der Waals surface area (Å²) in [4.78, 5) is 0. The van der Waals surface area contributed by atoms with Crippen LogP contribution in [-0.2, 0) is 6.15 Å². The third kappa shape index (κ3) is 6.86. The van der Waals surface area contributed by atoms with Crippen molar-refractivity contribution in [2.75, 3.05) is 13.2 Å². The molecule has 0 fully saturated rings. The van der Waals surface area contributed by atoms with Crippen molar-refractivity contribution in [1.82, 2.24) is 0 Å². The van der Waals surface area contributed by atoms with Crippen LogP contribution in [0, 0.1) is 0 Å². The Kier molecular flexibility index (Phi) is 9.84. The van der Waals surface area contributed by atoms with Crippen LogP contribution >= 0.6 is 0 Å². The molecule has 0 aliphatic rings. The predicted octanol–water partition coefficient (Wildman–Crippen LogP) is 6.81. The molecular formula is C14H18F14O2Sn. The van der Waals surface area contributed by atoms with Crippen LogP contribution in [-0.4, -0.2) is 64.5 Å². The van der Waals surface area contributed by atoms with Crippen LogP contribution in [0.4, 0.5) is 61.5 Å². The first-order valence-corrected chi connectivity index (χ1v) is 13.6. The molecule has 0 saturated carbocycles. The quantitative estimate of drug-likeness (QED) is 0.181. The third-order valence-corrected chi connectivity index (χ3v) is 13.9. The van der Waals surface area contributed by atoms with Crippen molar-refractivity contribution in [3.8, 4) is 0 Å². The van der Waals surface area contributed by atoms with E-state index in [0.29, 0.717) is 0 Å². The van der Waals surface area contributed by atoms with E-state index in [1.54, 1.807) is 0 Å². The molecule has 17 heteroatoms. The maximum absolute atomic E-state index is 14.7. The van der Waals surface area contributed by atoms with Crippen LogP contribution in [0.3, 0.4) is 0 Å². The molecule has 0 atom stereocenters. The van der Waals surface area contributed by atoms with Crippen molar-refractivity contribution in [3.05, 3.63) is 0 Å².